The van der Waals surface area contributed by atoms with Crippen LogP contribution in [0.3, 0.4) is 0 Å². The molecule has 11 nitrogen and oxygen atoms in total. The number of carbonyl (C=O) groups excluding carboxylic acids is 1. The molecule has 0 radical (unpaired) electrons. The summed E-state index contributed by atoms with van der Waals surface area (Å²) in [5.41, 5.74) is 6.36. The van der Waals surface area contributed by atoms with E-state index in [4.69, 9.17) is 4.98 Å². The highest BCUT2D eigenvalue weighted by Gasteiger charge is 2.28. The van der Waals surface area contributed by atoms with Crippen LogP contribution in [0.1, 0.15) is 67.0 Å². The van der Waals surface area contributed by atoms with Gasteiger partial charge in [-0.05, 0) is 65.7 Å². The Morgan fingerprint density at radius 2 is 1.87 bits per heavy atom. The van der Waals surface area contributed by atoms with Gasteiger partial charge >= 0.3 is 0 Å². The summed E-state index contributed by atoms with van der Waals surface area (Å²) in [6.45, 7) is 1.73. The van der Waals surface area contributed by atoms with Gasteiger partial charge in [0.1, 0.15) is 11.4 Å². The van der Waals surface area contributed by atoms with Crippen LogP contribution in [0.25, 0.3) is 5.65 Å². The average Bonchev–Trinajstić information content (AvgIpc) is 3.53. The van der Waals surface area contributed by atoms with Crippen molar-refractivity contribution in [1.29, 1.82) is 0 Å². The van der Waals surface area contributed by atoms with Gasteiger partial charge in [-0.25, -0.2) is 18.3 Å². The van der Waals surface area contributed by atoms with Crippen LogP contribution in [0.2, 0.25) is 0 Å². The quantitative estimate of drug-likeness (QED) is 0.382. The highest BCUT2D eigenvalue weighted by Crippen LogP contribution is 2.33. The van der Waals surface area contributed by atoms with E-state index >= 15 is 0 Å². The molecular weight excluding hydrogens is 494 g/mol. The second-order valence-electron chi connectivity index (χ2n) is 10.4. The monoisotopic (exact) mass is 530 g/mol. The Labute approximate surface area is 220 Å². The molecule has 1 saturated heterocycles. The van der Waals surface area contributed by atoms with E-state index in [0.717, 1.165) is 57.4 Å². The van der Waals surface area contributed by atoms with E-state index in [9.17, 15) is 13.6 Å². The van der Waals surface area contributed by atoms with Crippen molar-refractivity contribution < 1.29 is 13.6 Å². The summed E-state index contributed by atoms with van der Waals surface area (Å²) in [7, 11) is 6.02. The van der Waals surface area contributed by atoms with Crippen LogP contribution in [-0.4, -0.2) is 81.5 Å². The zero-order chi connectivity index (χ0) is 26.8. The molecule has 1 aliphatic carbocycles. The predicted octanol–water partition coefficient (Wildman–Crippen LogP) is 2.85. The van der Waals surface area contributed by atoms with E-state index < -0.39 is 18.0 Å². The molecule has 3 aromatic heterocycles. The van der Waals surface area contributed by atoms with E-state index in [0.29, 0.717) is 17.7 Å². The SMILES string of the molecule is CNNC1CCC(n2cc(NC(=O)c3cnn4ccc(N5CCC(N(C)C)CC5)nc34)c(C(F)F)n2)CC1. The van der Waals surface area contributed by atoms with Crippen LogP contribution in [0.4, 0.5) is 20.3 Å². The Kier molecular flexibility index (Phi) is 7.86. The first kappa shape index (κ1) is 26.4. The van der Waals surface area contributed by atoms with Crippen LogP contribution in [0, 0.1) is 0 Å². The van der Waals surface area contributed by atoms with Gasteiger partial charge in [-0.3, -0.25) is 20.3 Å². The smallest absolute Gasteiger partial charge is 0.284 e. The summed E-state index contributed by atoms with van der Waals surface area (Å²) >= 11 is 0. The number of amides is 1. The molecule has 5 rings (SSSR count). The number of anilines is 2. The van der Waals surface area contributed by atoms with Crippen LogP contribution < -0.4 is 21.1 Å². The van der Waals surface area contributed by atoms with Gasteiger partial charge in [0.05, 0.1) is 17.9 Å². The molecule has 1 amide bonds. The van der Waals surface area contributed by atoms with Crippen LogP contribution >= 0.6 is 0 Å². The lowest BCUT2D eigenvalue weighted by Gasteiger charge is -2.35. The lowest BCUT2D eigenvalue weighted by Crippen LogP contribution is -2.42. The number of hydrogen-bond acceptors (Lipinski definition) is 8. The summed E-state index contributed by atoms with van der Waals surface area (Å²) in [5, 5.41) is 11.1. The van der Waals surface area contributed by atoms with E-state index in [1.54, 1.807) is 10.9 Å². The number of nitrogens with one attached hydrogen (secondary N) is 3. The number of fused-ring (bicyclic) bond motifs is 1. The minimum atomic E-state index is -2.81. The van der Waals surface area contributed by atoms with Crippen molar-refractivity contribution in [3.8, 4) is 0 Å². The van der Waals surface area contributed by atoms with Gasteiger partial charge in [0, 0.05) is 37.6 Å². The lowest BCUT2D eigenvalue weighted by atomic mass is 9.92. The van der Waals surface area contributed by atoms with Crippen LogP contribution in [-0.2, 0) is 0 Å². The van der Waals surface area contributed by atoms with Crippen molar-refractivity contribution in [2.75, 3.05) is 44.4 Å². The van der Waals surface area contributed by atoms with Gasteiger partial charge in [0.15, 0.2) is 11.3 Å². The fourth-order valence-corrected chi connectivity index (χ4v) is 5.54. The minimum absolute atomic E-state index is 0.00546. The molecule has 0 atom stereocenters. The molecule has 0 spiro atoms. The van der Waals surface area contributed by atoms with Gasteiger partial charge in [0.25, 0.3) is 12.3 Å². The fourth-order valence-electron chi connectivity index (χ4n) is 5.54. The highest BCUT2D eigenvalue weighted by molar-refractivity contribution is 6.08. The van der Waals surface area contributed by atoms with Crippen molar-refractivity contribution in [3.63, 3.8) is 0 Å². The van der Waals surface area contributed by atoms with Crippen molar-refractivity contribution in [3.05, 3.63) is 35.9 Å². The Bertz CT molecular complexity index is 1240. The summed E-state index contributed by atoms with van der Waals surface area (Å²) in [6, 6.07) is 2.77. The van der Waals surface area contributed by atoms with Gasteiger partial charge in [-0.1, -0.05) is 0 Å². The summed E-state index contributed by atoms with van der Waals surface area (Å²) in [6.07, 6.45) is 7.38. The molecule has 2 fully saturated rings. The molecule has 1 aliphatic heterocycles. The number of nitrogens with zero attached hydrogens (tertiary/aromatic N) is 7. The third-order valence-corrected chi connectivity index (χ3v) is 7.75. The highest BCUT2D eigenvalue weighted by atomic mass is 19.3. The number of piperidine rings is 1. The van der Waals surface area contributed by atoms with E-state index in [1.165, 1.54) is 16.9 Å². The molecule has 38 heavy (non-hydrogen) atoms. The number of hydrogen-bond donors (Lipinski definition) is 3. The Morgan fingerprint density at radius 3 is 2.53 bits per heavy atom. The van der Waals surface area contributed by atoms with Gasteiger partial charge in [0.2, 0.25) is 0 Å². The normalized spacial score (nSPS) is 21.1. The molecule has 2 aliphatic rings. The standard InChI is InChI=1S/C25H36F2N10O/c1-28-32-16-4-6-18(7-5-16)37-15-20(22(33-37)23(26)27)30-25(38)19-14-29-36-13-10-21(31-24(19)36)35-11-8-17(9-12-35)34(2)3/h10,13-18,23,28,32H,4-9,11-12H2,1-3H3,(H,30,38). The number of carbonyl (C=O) groups is 1. The molecule has 3 aromatic rings. The molecule has 3 N–H and O–H groups in total. The largest absolute Gasteiger partial charge is 0.356 e. The van der Waals surface area contributed by atoms with Gasteiger partial charge in [-0.15, -0.1) is 0 Å². The van der Waals surface area contributed by atoms with Gasteiger partial charge in [-0.2, -0.15) is 10.2 Å². The number of halogens is 2. The van der Waals surface area contributed by atoms with E-state index in [2.05, 4.69) is 50.3 Å². The maximum absolute atomic E-state index is 13.9. The molecule has 0 unspecified atom stereocenters. The predicted molar refractivity (Wildman–Crippen MR) is 141 cm³/mol. The topological polar surface area (TPSA) is 108 Å². The maximum atomic E-state index is 13.9. The zero-order valence-electron chi connectivity index (χ0n) is 22.1. The first-order chi connectivity index (χ1) is 18.3. The first-order valence-electron chi connectivity index (χ1n) is 13.2. The van der Waals surface area contributed by atoms with Crippen LogP contribution in [0.15, 0.2) is 24.7 Å². The lowest BCUT2D eigenvalue weighted by molar-refractivity contribution is 0.102. The number of hydrazine groups is 1. The maximum Gasteiger partial charge on any atom is 0.284 e. The molecule has 0 aromatic carbocycles. The number of alkyl halides is 2. The Balaban J connectivity index is 1.32. The molecule has 0 bridgehead atoms. The summed E-state index contributed by atoms with van der Waals surface area (Å²) in [4.78, 5) is 22.4. The van der Waals surface area contributed by atoms with E-state index in [-0.39, 0.29) is 17.3 Å². The summed E-state index contributed by atoms with van der Waals surface area (Å²) < 4.78 is 30.8. The van der Waals surface area contributed by atoms with Crippen molar-refractivity contribution in [2.45, 2.75) is 63.1 Å². The first-order valence-corrected chi connectivity index (χ1v) is 13.2. The Morgan fingerprint density at radius 1 is 1.13 bits per heavy atom. The third-order valence-electron chi connectivity index (χ3n) is 7.75. The molecule has 4 heterocycles. The average molecular weight is 531 g/mol. The number of aromatic nitrogens is 5. The minimum Gasteiger partial charge on any atom is -0.356 e. The van der Waals surface area contributed by atoms with E-state index in [1.807, 2.05) is 13.1 Å². The zero-order valence-corrected chi connectivity index (χ0v) is 22.1. The van der Waals surface area contributed by atoms with Crippen molar-refractivity contribution in [1.82, 2.24) is 40.1 Å². The molecule has 1 saturated carbocycles. The number of rotatable bonds is 8. The van der Waals surface area contributed by atoms with Crippen molar-refractivity contribution in [2.24, 2.45) is 0 Å². The summed E-state index contributed by atoms with van der Waals surface area (Å²) in [5.74, 6) is 0.230. The molecular formula is C25H36F2N10O. The van der Waals surface area contributed by atoms with Crippen LogP contribution in [0.5, 0.6) is 0 Å². The van der Waals surface area contributed by atoms with Gasteiger partial charge < -0.3 is 15.1 Å². The Hall–Kier alpha value is -3.16. The second-order valence-corrected chi connectivity index (χ2v) is 10.4. The fraction of sp³-hybridized carbons (Fsp3) is 0.600. The second kappa shape index (κ2) is 11.3. The van der Waals surface area contributed by atoms with Crippen molar-refractivity contribution >= 4 is 23.1 Å². The molecule has 13 heteroatoms. The third kappa shape index (κ3) is 5.49. The molecule has 206 valence electrons.